The topological polar surface area (TPSA) is 41.1 Å². The van der Waals surface area contributed by atoms with Crippen molar-refractivity contribution in [2.45, 2.75) is 19.3 Å². The van der Waals surface area contributed by atoms with Crippen LogP contribution >= 0.6 is 0 Å². The molecule has 0 unspecified atom stereocenters. The van der Waals surface area contributed by atoms with E-state index >= 15 is 0 Å². The molecule has 4 rings (SSSR count). The Morgan fingerprint density at radius 3 is 2.82 bits per heavy atom. The van der Waals surface area contributed by atoms with Crippen molar-refractivity contribution in [1.29, 1.82) is 0 Å². The zero-order valence-electron chi connectivity index (χ0n) is 12.6. The van der Waals surface area contributed by atoms with Gasteiger partial charge < -0.3 is 10.6 Å². The van der Waals surface area contributed by atoms with Gasteiger partial charge in [-0.25, -0.2) is 0 Å². The smallest absolute Gasteiger partial charge is 0.228 e. The van der Waals surface area contributed by atoms with Crippen LogP contribution in [0.2, 0.25) is 0 Å². The lowest BCUT2D eigenvalue weighted by molar-refractivity contribution is -0.120. The maximum Gasteiger partial charge on any atom is 0.228 e. The lowest BCUT2D eigenvalue weighted by atomic mass is 9.98. The average molecular weight is 292 g/mol. The van der Waals surface area contributed by atoms with Crippen LogP contribution in [0.15, 0.2) is 42.5 Å². The van der Waals surface area contributed by atoms with E-state index in [2.05, 4.69) is 47.0 Å². The van der Waals surface area contributed by atoms with Gasteiger partial charge in [0.1, 0.15) is 0 Å². The van der Waals surface area contributed by atoms with Crippen LogP contribution in [-0.2, 0) is 11.2 Å². The molecule has 2 aromatic rings. The van der Waals surface area contributed by atoms with E-state index in [1.807, 2.05) is 6.07 Å². The summed E-state index contributed by atoms with van der Waals surface area (Å²) in [5, 5.41) is 6.38. The molecule has 1 saturated heterocycles. The number of nitrogens with one attached hydrogen (secondary N) is 2. The van der Waals surface area contributed by atoms with Gasteiger partial charge in [0.25, 0.3) is 0 Å². The van der Waals surface area contributed by atoms with E-state index in [0.29, 0.717) is 0 Å². The van der Waals surface area contributed by atoms with Gasteiger partial charge in [0.15, 0.2) is 0 Å². The van der Waals surface area contributed by atoms with Crippen LogP contribution in [0.1, 0.15) is 24.0 Å². The number of hydrogen-bond donors (Lipinski definition) is 2. The molecule has 0 saturated carbocycles. The van der Waals surface area contributed by atoms with Crippen LogP contribution in [0.25, 0.3) is 11.1 Å². The summed E-state index contributed by atoms with van der Waals surface area (Å²) >= 11 is 0. The predicted octanol–water partition coefficient (Wildman–Crippen LogP) is 3.20. The fraction of sp³-hybridized carbons (Fsp3) is 0.316. The Kier molecular flexibility index (Phi) is 3.43. The van der Waals surface area contributed by atoms with Gasteiger partial charge in [-0.1, -0.05) is 30.3 Å². The molecule has 0 bridgehead atoms. The second-order valence-corrected chi connectivity index (χ2v) is 6.24. The second kappa shape index (κ2) is 5.58. The lowest BCUT2D eigenvalue weighted by Gasteiger charge is -2.22. The van der Waals surface area contributed by atoms with Crippen molar-refractivity contribution in [2.24, 2.45) is 5.92 Å². The summed E-state index contributed by atoms with van der Waals surface area (Å²) in [6, 6.07) is 14.8. The first kappa shape index (κ1) is 13.5. The lowest BCUT2D eigenvalue weighted by Crippen LogP contribution is -2.37. The summed E-state index contributed by atoms with van der Waals surface area (Å²) in [6.07, 6.45) is 3.02. The Bertz CT molecular complexity index is 717. The number of hydrogen-bond acceptors (Lipinski definition) is 2. The highest BCUT2D eigenvalue weighted by molar-refractivity contribution is 5.93. The maximum atomic E-state index is 12.3. The van der Waals surface area contributed by atoms with Crippen molar-refractivity contribution in [1.82, 2.24) is 5.32 Å². The minimum absolute atomic E-state index is 0.0965. The zero-order chi connectivity index (χ0) is 14.9. The number of rotatable bonds is 2. The quantitative estimate of drug-likeness (QED) is 0.761. The predicted molar refractivity (Wildman–Crippen MR) is 88.9 cm³/mol. The first-order valence-corrected chi connectivity index (χ1v) is 8.04. The summed E-state index contributed by atoms with van der Waals surface area (Å²) in [7, 11) is 0. The Balaban J connectivity index is 1.53. The second-order valence-electron chi connectivity index (χ2n) is 6.24. The number of carbonyl (C=O) groups is 1. The molecule has 1 aliphatic carbocycles. The number of amides is 1. The molecule has 0 radical (unpaired) electrons. The third-order valence-corrected chi connectivity index (χ3v) is 4.73. The van der Waals surface area contributed by atoms with Crippen molar-refractivity contribution >= 4 is 11.6 Å². The van der Waals surface area contributed by atoms with Crippen LogP contribution in [0, 0.1) is 5.92 Å². The molecule has 2 N–H and O–H groups in total. The molecular formula is C19H20N2O. The Labute approximate surface area is 130 Å². The minimum Gasteiger partial charge on any atom is -0.326 e. The largest absolute Gasteiger partial charge is 0.326 e. The standard InChI is InChI=1S/C19H20N2O/c22-19(14-5-3-9-20-12-14)21-16-7-8-18-15(11-16)10-13-4-1-2-6-17(13)18/h1-2,4,6-8,11,14,20H,3,5,9-10,12H2,(H,21,22)/t14-/m1/s1. The van der Waals surface area contributed by atoms with Crippen molar-refractivity contribution in [3.8, 4) is 11.1 Å². The number of piperidine rings is 1. The minimum atomic E-state index is 0.0965. The van der Waals surface area contributed by atoms with Gasteiger partial charge >= 0.3 is 0 Å². The zero-order valence-corrected chi connectivity index (χ0v) is 12.6. The molecule has 22 heavy (non-hydrogen) atoms. The van der Waals surface area contributed by atoms with Crippen LogP contribution in [-0.4, -0.2) is 19.0 Å². The first-order chi connectivity index (χ1) is 10.8. The maximum absolute atomic E-state index is 12.3. The van der Waals surface area contributed by atoms with Crippen molar-refractivity contribution in [3.05, 3.63) is 53.6 Å². The van der Waals surface area contributed by atoms with Gasteiger partial charge in [-0.2, -0.15) is 0 Å². The molecule has 1 fully saturated rings. The molecule has 1 atom stereocenters. The first-order valence-electron chi connectivity index (χ1n) is 8.04. The van der Waals surface area contributed by atoms with Crippen LogP contribution < -0.4 is 10.6 Å². The molecule has 112 valence electrons. The van der Waals surface area contributed by atoms with E-state index in [4.69, 9.17) is 0 Å². The average Bonchev–Trinajstić information content (AvgIpc) is 2.93. The highest BCUT2D eigenvalue weighted by atomic mass is 16.1. The van der Waals surface area contributed by atoms with Crippen molar-refractivity contribution < 1.29 is 4.79 Å². The van der Waals surface area contributed by atoms with E-state index in [0.717, 1.165) is 38.0 Å². The van der Waals surface area contributed by atoms with Crippen molar-refractivity contribution in [2.75, 3.05) is 18.4 Å². The van der Waals surface area contributed by atoms with Crippen LogP contribution in [0.4, 0.5) is 5.69 Å². The fourth-order valence-electron chi connectivity index (χ4n) is 3.54. The Morgan fingerprint density at radius 2 is 1.95 bits per heavy atom. The normalized spacial score (nSPS) is 19.4. The molecule has 2 aliphatic rings. The molecule has 2 aromatic carbocycles. The number of carbonyl (C=O) groups excluding carboxylic acids is 1. The van der Waals surface area contributed by atoms with E-state index in [9.17, 15) is 4.79 Å². The van der Waals surface area contributed by atoms with Gasteiger partial charge in [0.2, 0.25) is 5.91 Å². The van der Waals surface area contributed by atoms with E-state index in [1.54, 1.807) is 0 Å². The molecule has 0 spiro atoms. The Morgan fingerprint density at radius 1 is 1.09 bits per heavy atom. The number of benzene rings is 2. The fourth-order valence-corrected chi connectivity index (χ4v) is 3.54. The monoisotopic (exact) mass is 292 g/mol. The summed E-state index contributed by atoms with van der Waals surface area (Å²) in [6.45, 7) is 1.82. The van der Waals surface area contributed by atoms with Gasteiger partial charge in [-0.05, 0) is 60.2 Å². The number of anilines is 1. The van der Waals surface area contributed by atoms with Gasteiger partial charge in [0.05, 0.1) is 5.92 Å². The van der Waals surface area contributed by atoms with Crippen molar-refractivity contribution in [3.63, 3.8) is 0 Å². The molecule has 3 nitrogen and oxygen atoms in total. The summed E-state index contributed by atoms with van der Waals surface area (Å²) in [5.41, 5.74) is 6.22. The summed E-state index contributed by atoms with van der Waals surface area (Å²) in [5.74, 6) is 0.238. The third-order valence-electron chi connectivity index (χ3n) is 4.73. The van der Waals surface area contributed by atoms with E-state index in [1.165, 1.54) is 22.3 Å². The van der Waals surface area contributed by atoms with Gasteiger partial charge in [-0.15, -0.1) is 0 Å². The molecule has 3 heteroatoms. The van der Waals surface area contributed by atoms with Gasteiger partial charge in [-0.3, -0.25) is 4.79 Å². The highest BCUT2D eigenvalue weighted by Crippen LogP contribution is 2.37. The highest BCUT2D eigenvalue weighted by Gasteiger charge is 2.22. The van der Waals surface area contributed by atoms with Crippen LogP contribution in [0.5, 0.6) is 0 Å². The summed E-state index contributed by atoms with van der Waals surface area (Å²) in [4.78, 5) is 12.3. The molecule has 0 aromatic heterocycles. The SMILES string of the molecule is O=C(Nc1ccc2c(c1)Cc1ccccc1-2)[C@@H]1CCCNC1. The number of fused-ring (bicyclic) bond motifs is 3. The Hall–Kier alpha value is -2.13. The molecule has 1 heterocycles. The van der Waals surface area contributed by atoms with E-state index < -0.39 is 0 Å². The van der Waals surface area contributed by atoms with Crippen LogP contribution in [0.3, 0.4) is 0 Å². The summed E-state index contributed by atoms with van der Waals surface area (Å²) < 4.78 is 0. The van der Waals surface area contributed by atoms with Gasteiger partial charge in [0, 0.05) is 12.2 Å². The molecule has 1 amide bonds. The van der Waals surface area contributed by atoms with E-state index in [-0.39, 0.29) is 11.8 Å². The third kappa shape index (κ3) is 2.42. The molecule has 1 aliphatic heterocycles. The molecular weight excluding hydrogens is 272 g/mol.